The molecule has 0 unspecified atom stereocenters. The van der Waals surface area contributed by atoms with Crippen LogP contribution in [-0.2, 0) is 13.0 Å². The second-order valence-electron chi connectivity index (χ2n) is 7.41. The number of likely N-dealkylation sites (tertiary alicyclic amines) is 1. The molecule has 2 aliphatic heterocycles. The molecule has 0 saturated carbocycles. The van der Waals surface area contributed by atoms with Crippen LogP contribution < -0.4 is 0 Å². The van der Waals surface area contributed by atoms with E-state index in [1.807, 2.05) is 30.3 Å². The highest BCUT2D eigenvalue weighted by Gasteiger charge is 2.33. The highest BCUT2D eigenvalue weighted by atomic mass is 19.1. The summed E-state index contributed by atoms with van der Waals surface area (Å²) in [5, 5.41) is 8.09. The number of amides is 2. The van der Waals surface area contributed by atoms with Crippen LogP contribution in [0, 0.1) is 0 Å². The van der Waals surface area contributed by atoms with Gasteiger partial charge in [0.25, 0.3) is 11.8 Å². The number of aromatic amines is 2. The number of nitrogens with zero attached hydrogens (tertiary/aromatic N) is 3. The van der Waals surface area contributed by atoms with Crippen LogP contribution >= 0.6 is 0 Å². The van der Waals surface area contributed by atoms with Gasteiger partial charge < -0.3 is 14.8 Å². The molecular formula is C20H20FN5O2. The number of alkyl halides is 1. The normalized spacial score (nSPS) is 19.2. The van der Waals surface area contributed by atoms with Gasteiger partial charge in [-0.2, -0.15) is 5.10 Å². The Morgan fingerprint density at radius 3 is 2.79 bits per heavy atom. The molecule has 7 nitrogen and oxygen atoms in total. The van der Waals surface area contributed by atoms with Crippen molar-refractivity contribution in [2.24, 2.45) is 0 Å². The molecule has 2 aliphatic rings. The van der Waals surface area contributed by atoms with Crippen LogP contribution in [0.15, 0.2) is 30.3 Å². The fourth-order valence-electron chi connectivity index (χ4n) is 4.06. The van der Waals surface area contributed by atoms with E-state index >= 15 is 0 Å². The summed E-state index contributed by atoms with van der Waals surface area (Å²) in [6.45, 7) is 1.37. The van der Waals surface area contributed by atoms with E-state index in [1.54, 1.807) is 4.90 Å². The SMILES string of the molecule is O=C(c1cc2ccccc2[nH]1)N1CCc2[nH]nc(C(=O)N3CC[C@H](F)C3)c2C1. The molecular weight excluding hydrogens is 361 g/mol. The average Bonchev–Trinajstić information content (AvgIpc) is 3.43. The van der Waals surface area contributed by atoms with Gasteiger partial charge >= 0.3 is 0 Å². The van der Waals surface area contributed by atoms with Gasteiger partial charge in [-0.3, -0.25) is 14.7 Å². The van der Waals surface area contributed by atoms with Gasteiger partial charge in [0, 0.05) is 41.7 Å². The number of para-hydroxylation sites is 1. The van der Waals surface area contributed by atoms with Crippen molar-refractivity contribution < 1.29 is 14.0 Å². The molecule has 0 radical (unpaired) electrons. The number of halogens is 1. The molecule has 0 aliphatic carbocycles. The van der Waals surface area contributed by atoms with Gasteiger partial charge in [-0.15, -0.1) is 0 Å². The van der Waals surface area contributed by atoms with E-state index in [4.69, 9.17) is 0 Å². The van der Waals surface area contributed by atoms with Crippen LogP contribution in [0.1, 0.15) is 38.7 Å². The molecule has 8 heteroatoms. The Labute approximate surface area is 160 Å². The molecule has 28 heavy (non-hydrogen) atoms. The molecule has 0 spiro atoms. The van der Waals surface area contributed by atoms with Gasteiger partial charge in [0.05, 0.1) is 13.1 Å². The Kier molecular flexibility index (Phi) is 3.92. The number of rotatable bonds is 2. The molecule has 1 aromatic carbocycles. The van der Waals surface area contributed by atoms with Crippen molar-refractivity contribution in [1.29, 1.82) is 0 Å². The number of benzene rings is 1. The minimum atomic E-state index is -0.973. The Bertz CT molecular complexity index is 1040. The first kappa shape index (κ1) is 17.0. The van der Waals surface area contributed by atoms with Gasteiger partial charge in [-0.25, -0.2) is 4.39 Å². The Balaban J connectivity index is 1.39. The standard InChI is InChI=1S/C20H20FN5O2/c21-13-5-7-25(10-13)20(28)18-14-11-26(8-6-16(14)23-24-18)19(27)17-9-12-3-1-2-4-15(12)22-17/h1-4,9,13,22H,5-8,10-11H2,(H,23,24)/t13-/m0/s1. The maximum Gasteiger partial charge on any atom is 0.274 e. The second kappa shape index (κ2) is 6.47. The molecule has 2 N–H and O–H groups in total. The van der Waals surface area contributed by atoms with Gasteiger partial charge in [0.15, 0.2) is 5.69 Å². The highest BCUT2D eigenvalue weighted by Crippen LogP contribution is 2.25. The lowest BCUT2D eigenvalue weighted by molar-refractivity contribution is 0.0717. The molecule has 144 valence electrons. The first-order valence-corrected chi connectivity index (χ1v) is 9.46. The number of aromatic nitrogens is 3. The third kappa shape index (κ3) is 2.76. The smallest absolute Gasteiger partial charge is 0.274 e. The zero-order valence-electron chi connectivity index (χ0n) is 15.2. The minimum absolute atomic E-state index is 0.105. The summed E-state index contributed by atoms with van der Waals surface area (Å²) in [4.78, 5) is 32.1. The predicted octanol–water partition coefficient (Wildman–Crippen LogP) is 2.27. The summed E-state index contributed by atoms with van der Waals surface area (Å²) < 4.78 is 13.5. The maximum atomic E-state index is 13.5. The minimum Gasteiger partial charge on any atom is -0.351 e. The number of carbonyl (C=O) groups is 2. The Morgan fingerprint density at radius 1 is 1.14 bits per heavy atom. The van der Waals surface area contributed by atoms with Gasteiger partial charge in [0.2, 0.25) is 0 Å². The largest absolute Gasteiger partial charge is 0.351 e. The van der Waals surface area contributed by atoms with Crippen LogP contribution in [0.25, 0.3) is 10.9 Å². The van der Waals surface area contributed by atoms with Crippen molar-refractivity contribution in [3.8, 4) is 0 Å². The molecule has 1 atom stereocenters. The molecule has 2 amide bonds. The van der Waals surface area contributed by atoms with Gasteiger partial charge in [0.1, 0.15) is 11.9 Å². The van der Waals surface area contributed by atoms with Crippen LogP contribution in [0.2, 0.25) is 0 Å². The van der Waals surface area contributed by atoms with Crippen molar-refractivity contribution >= 4 is 22.7 Å². The number of H-pyrrole nitrogens is 2. The van der Waals surface area contributed by atoms with Crippen LogP contribution in [-0.4, -0.2) is 62.6 Å². The predicted molar refractivity (Wildman–Crippen MR) is 101 cm³/mol. The first-order chi connectivity index (χ1) is 13.6. The monoisotopic (exact) mass is 381 g/mol. The van der Waals surface area contributed by atoms with Crippen LogP contribution in [0.5, 0.6) is 0 Å². The summed E-state index contributed by atoms with van der Waals surface area (Å²) >= 11 is 0. The van der Waals surface area contributed by atoms with Gasteiger partial charge in [-0.1, -0.05) is 18.2 Å². The van der Waals surface area contributed by atoms with Crippen LogP contribution in [0.3, 0.4) is 0 Å². The zero-order chi connectivity index (χ0) is 19.3. The van der Waals surface area contributed by atoms with E-state index in [-0.39, 0.29) is 18.4 Å². The van der Waals surface area contributed by atoms with E-state index in [9.17, 15) is 14.0 Å². The Hall–Kier alpha value is -3.16. The summed E-state index contributed by atoms with van der Waals surface area (Å²) in [5.41, 5.74) is 3.36. The molecule has 4 heterocycles. The molecule has 2 aromatic heterocycles. The van der Waals surface area contributed by atoms with Crippen LogP contribution in [0.4, 0.5) is 4.39 Å². The van der Waals surface area contributed by atoms with Gasteiger partial charge in [-0.05, 0) is 18.6 Å². The van der Waals surface area contributed by atoms with E-state index in [2.05, 4.69) is 15.2 Å². The fraction of sp³-hybridized carbons (Fsp3) is 0.350. The topological polar surface area (TPSA) is 85.1 Å². The van der Waals surface area contributed by atoms with Crippen molar-refractivity contribution in [3.63, 3.8) is 0 Å². The first-order valence-electron chi connectivity index (χ1n) is 9.46. The quantitative estimate of drug-likeness (QED) is 0.714. The summed E-state index contributed by atoms with van der Waals surface area (Å²) in [7, 11) is 0. The maximum absolute atomic E-state index is 13.5. The number of hydrogen-bond acceptors (Lipinski definition) is 3. The van der Waals surface area contributed by atoms with E-state index in [0.717, 1.165) is 22.2 Å². The highest BCUT2D eigenvalue weighted by molar-refractivity contribution is 5.98. The molecule has 0 bridgehead atoms. The van der Waals surface area contributed by atoms with Crippen molar-refractivity contribution in [2.75, 3.05) is 19.6 Å². The number of nitrogens with one attached hydrogen (secondary N) is 2. The fourth-order valence-corrected chi connectivity index (χ4v) is 4.06. The molecule has 5 rings (SSSR count). The lowest BCUT2D eigenvalue weighted by atomic mass is 10.0. The summed E-state index contributed by atoms with van der Waals surface area (Å²) in [5.74, 6) is -0.371. The van der Waals surface area contributed by atoms with Crippen molar-refractivity contribution in [2.45, 2.75) is 25.6 Å². The third-order valence-corrected chi connectivity index (χ3v) is 5.60. The molecule has 1 saturated heterocycles. The number of hydrogen-bond donors (Lipinski definition) is 2. The number of fused-ring (bicyclic) bond motifs is 2. The average molecular weight is 381 g/mol. The lowest BCUT2D eigenvalue weighted by Crippen LogP contribution is -2.37. The van der Waals surface area contributed by atoms with E-state index in [1.165, 1.54) is 4.90 Å². The summed E-state index contributed by atoms with van der Waals surface area (Å²) in [6, 6.07) is 9.59. The Morgan fingerprint density at radius 2 is 2.00 bits per heavy atom. The zero-order valence-corrected chi connectivity index (χ0v) is 15.2. The molecule has 1 fully saturated rings. The number of carbonyl (C=O) groups excluding carboxylic acids is 2. The second-order valence-corrected chi connectivity index (χ2v) is 7.41. The van der Waals surface area contributed by atoms with E-state index < -0.39 is 6.17 Å². The summed E-state index contributed by atoms with van der Waals surface area (Å²) in [6.07, 6.45) is -0.00441. The third-order valence-electron chi connectivity index (χ3n) is 5.60. The van der Waals surface area contributed by atoms with E-state index in [0.29, 0.717) is 43.9 Å². The molecule has 3 aromatic rings. The van der Waals surface area contributed by atoms with Crippen molar-refractivity contribution in [3.05, 3.63) is 53.0 Å². The van der Waals surface area contributed by atoms with Crippen molar-refractivity contribution in [1.82, 2.24) is 25.0 Å². The lowest BCUT2D eigenvalue weighted by Gasteiger charge is -2.27.